The van der Waals surface area contributed by atoms with Gasteiger partial charge in [-0.15, -0.1) is 11.3 Å². The Hall–Kier alpha value is -4.77. The van der Waals surface area contributed by atoms with Crippen LogP contribution < -0.4 is 5.32 Å². The number of carbonyl (C=O) groups excluding carboxylic acids is 1. The maximum Gasteiger partial charge on any atom is 0.276 e. The van der Waals surface area contributed by atoms with E-state index in [1.807, 2.05) is 35.1 Å². The Morgan fingerprint density at radius 1 is 0.947 bits per heavy atom. The zero-order valence-electron chi connectivity index (χ0n) is 19.8. The number of anilines is 1. The van der Waals surface area contributed by atoms with Crippen LogP contribution in [0.1, 0.15) is 29.4 Å². The molecule has 1 fully saturated rings. The van der Waals surface area contributed by atoms with Crippen molar-refractivity contribution in [2.24, 2.45) is 0 Å². The number of thiazole rings is 1. The molecule has 6 aromatic rings. The summed E-state index contributed by atoms with van der Waals surface area (Å²) < 4.78 is 17.1. The summed E-state index contributed by atoms with van der Waals surface area (Å²) in [5, 5.41) is 14.8. The third-order valence-corrected chi connectivity index (χ3v) is 7.16. The van der Waals surface area contributed by atoms with Crippen LogP contribution in [0.2, 0.25) is 0 Å². The molecule has 186 valence electrons. The fraction of sp³-hybridized carbons (Fsp3) is 0.111. The number of halogens is 1. The molecule has 1 amide bonds. The van der Waals surface area contributed by atoms with E-state index in [9.17, 15) is 9.18 Å². The van der Waals surface area contributed by atoms with Crippen molar-refractivity contribution < 1.29 is 9.18 Å². The Kier molecular flexibility index (Phi) is 5.29. The number of pyridine rings is 1. The zero-order valence-corrected chi connectivity index (χ0v) is 20.6. The van der Waals surface area contributed by atoms with Crippen LogP contribution >= 0.6 is 11.3 Å². The Labute approximate surface area is 219 Å². The molecule has 0 bridgehead atoms. The largest absolute Gasteiger partial charge is 0.304 e. The van der Waals surface area contributed by atoms with E-state index in [1.54, 1.807) is 40.6 Å². The van der Waals surface area contributed by atoms with Crippen molar-refractivity contribution in [1.29, 1.82) is 0 Å². The summed E-state index contributed by atoms with van der Waals surface area (Å²) in [5.41, 5.74) is 4.89. The number of imidazole rings is 1. The van der Waals surface area contributed by atoms with E-state index >= 15 is 0 Å². The molecular weight excluding hydrogens is 503 g/mol. The number of hydrogen-bond donors (Lipinski definition) is 1. The highest BCUT2D eigenvalue weighted by atomic mass is 32.1. The number of hydrogen-bond acceptors (Lipinski definition) is 7. The molecule has 1 aromatic carbocycles. The average Bonchev–Trinajstić information content (AvgIpc) is 3.33. The number of fused-ring (bicyclic) bond motifs is 1. The van der Waals surface area contributed by atoms with Gasteiger partial charge in [-0.2, -0.15) is 10.2 Å². The summed E-state index contributed by atoms with van der Waals surface area (Å²) >= 11 is 1.39. The highest BCUT2D eigenvalue weighted by molar-refractivity contribution is 7.13. The second-order valence-electron chi connectivity index (χ2n) is 8.98. The molecule has 7 rings (SSSR count). The van der Waals surface area contributed by atoms with Crippen molar-refractivity contribution in [3.63, 3.8) is 0 Å². The second kappa shape index (κ2) is 8.96. The molecular formula is C27H19FN8OS. The van der Waals surface area contributed by atoms with Crippen LogP contribution in [0.25, 0.3) is 38.7 Å². The summed E-state index contributed by atoms with van der Waals surface area (Å²) in [4.78, 5) is 25.8. The Morgan fingerprint density at radius 3 is 2.55 bits per heavy atom. The van der Waals surface area contributed by atoms with Crippen molar-refractivity contribution in [3.05, 3.63) is 90.2 Å². The molecule has 0 atom stereocenters. The predicted octanol–water partition coefficient (Wildman–Crippen LogP) is 5.50. The standard InChI is InChI=1S/C27H19FN8OS/c28-18-3-1-16(2-4-18)25-20(13-35(34-25)19-5-6-19)21-7-8-24-31-23(14-36(24)33-21)32-26(37)22-15-38-27(30-22)17-9-11-29-12-10-17/h1-4,7-15,19H,5-6H2,(H,32,37). The van der Waals surface area contributed by atoms with Crippen LogP contribution in [0.15, 0.2) is 78.7 Å². The van der Waals surface area contributed by atoms with Crippen molar-refractivity contribution in [3.8, 4) is 33.1 Å². The lowest BCUT2D eigenvalue weighted by molar-refractivity contribution is 0.102. The van der Waals surface area contributed by atoms with E-state index in [2.05, 4.69) is 20.3 Å². The summed E-state index contributed by atoms with van der Waals surface area (Å²) in [7, 11) is 0. The normalized spacial score (nSPS) is 13.2. The number of nitrogens with one attached hydrogen (secondary N) is 1. The lowest BCUT2D eigenvalue weighted by atomic mass is 10.1. The second-order valence-corrected chi connectivity index (χ2v) is 9.84. The quantitative estimate of drug-likeness (QED) is 0.310. The van der Waals surface area contributed by atoms with E-state index in [4.69, 9.17) is 10.2 Å². The maximum absolute atomic E-state index is 13.5. The number of rotatable bonds is 6. The SMILES string of the molecule is O=C(Nc1cn2nc(-c3cn(C4CC4)nc3-c3ccc(F)cc3)ccc2n1)c1csc(-c2ccncc2)n1. The topological polar surface area (TPSA) is 103 Å². The van der Waals surface area contributed by atoms with Gasteiger partial charge in [-0.3, -0.25) is 14.5 Å². The van der Waals surface area contributed by atoms with Crippen LogP contribution in [0, 0.1) is 5.82 Å². The third-order valence-electron chi connectivity index (χ3n) is 6.27. The maximum atomic E-state index is 13.5. The highest BCUT2D eigenvalue weighted by Gasteiger charge is 2.27. The van der Waals surface area contributed by atoms with Gasteiger partial charge in [0.15, 0.2) is 11.5 Å². The van der Waals surface area contributed by atoms with Gasteiger partial charge in [0, 0.05) is 40.7 Å². The molecule has 1 N–H and O–H groups in total. The van der Waals surface area contributed by atoms with Gasteiger partial charge in [0.05, 0.1) is 17.9 Å². The smallest absolute Gasteiger partial charge is 0.276 e. The fourth-order valence-corrected chi connectivity index (χ4v) is 5.00. The van der Waals surface area contributed by atoms with Crippen molar-refractivity contribution in [2.45, 2.75) is 18.9 Å². The number of amides is 1. The van der Waals surface area contributed by atoms with Gasteiger partial charge in [0.25, 0.3) is 5.91 Å². The van der Waals surface area contributed by atoms with Gasteiger partial charge in [-0.05, 0) is 61.4 Å². The van der Waals surface area contributed by atoms with Crippen molar-refractivity contribution in [1.82, 2.24) is 34.3 Å². The van der Waals surface area contributed by atoms with Crippen molar-refractivity contribution >= 4 is 28.7 Å². The fourth-order valence-electron chi connectivity index (χ4n) is 4.20. The first-order chi connectivity index (χ1) is 18.6. The predicted molar refractivity (Wildman–Crippen MR) is 141 cm³/mol. The molecule has 5 heterocycles. The molecule has 0 aliphatic heterocycles. The molecule has 38 heavy (non-hydrogen) atoms. The van der Waals surface area contributed by atoms with Crippen LogP contribution in [-0.4, -0.2) is 40.3 Å². The summed E-state index contributed by atoms with van der Waals surface area (Å²) in [6.07, 6.45) is 9.21. The molecule has 9 nitrogen and oxygen atoms in total. The van der Waals surface area contributed by atoms with E-state index in [-0.39, 0.29) is 11.7 Å². The lowest BCUT2D eigenvalue weighted by Gasteiger charge is -2.03. The number of nitrogens with zero attached hydrogens (tertiary/aromatic N) is 7. The molecule has 5 aromatic heterocycles. The Morgan fingerprint density at radius 2 is 1.76 bits per heavy atom. The highest BCUT2D eigenvalue weighted by Crippen LogP contribution is 2.38. The molecule has 1 aliphatic carbocycles. The van der Waals surface area contributed by atoms with E-state index in [0.717, 1.165) is 40.2 Å². The van der Waals surface area contributed by atoms with E-state index < -0.39 is 0 Å². The van der Waals surface area contributed by atoms with Gasteiger partial charge in [0.1, 0.15) is 22.2 Å². The van der Waals surface area contributed by atoms with Gasteiger partial charge >= 0.3 is 0 Å². The van der Waals surface area contributed by atoms with Crippen LogP contribution in [-0.2, 0) is 0 Å². The lowest BCUT2D eigenvalue weighted by Crippen LogP contribution is -2.12. The first kappa shape index (κ1) is 22.4. The molecule has 1 aliphatic rings. The number of carbonyl (C=O) groups is 1. The summed E-state index contributed by atoms with van der Waals surface area (Å²) in [6.45, 7) is 0. The Bertz CT molecular complexity index is 1790. The third kappa shape index (κ3) is 4.22. The van der Waals surface area contributed by atoms with Crippen LogP contribution in [0.4, 0.5) is 10.2 Å². The molecule has 11 heteroatoms. The first-order valence-electron chi connectivity index (χ1n) is 12.0. The van der Waals surface area contributed by atoms with Crippen LogP contribution in [0.3, 0.4) is 0 Å². The minimum absolute atomic E-state index is 0.296. The minimum atomic E-state index is -0.352. The van der Waals surface area contributed by atoms with Crippen LogP contribution in [0.5, 0.6) is 0 Å². The Balaban J connectivity index is 1.17. The van der Waals surface area contributed by atoms with Gasteiger partial charge in [0.2, 0.25) is 0 Å². The zero-order chi connectivity index (χ0) is 25.6. The van der Waals surface area contributed by atoms with Gasteiger partial charge < -0.3 is 5.32 Å². The number of benzene rings is 1. The van der Waals surface area contributed by atoms with E-state index in [0.29, 0.717) is 28.9 Å². The van der Waals surface area contributed by atoms with E-state index in [1.165, 1.54) is 23.5 Å². The average molecular weight is 523 g/mol. The molecule has 1 saturated carbocycles. The first-order valence-corrected chi connectivity index (χ1v) is 12.9. The number of aromatic nitrogens is 7. The van der Waals surface area contributed by atoms with Gasteiger partial charge in [-0.25, -0.2) is 18.9 Å². The summed E-state index contributed by atoms with van der Waals surface area (Å²) in [5.74, 6) is -0.282. The molecule has 0 saturated heterocycles. The minimum Gasteiger partial charge on any atom is -0.304 e. The molecule has 0 unspecified atom stereocenters. The summed E-state index contributed by atoms with van der Waals surface area (Å²) in [6, 6.07) is 14.1. The molecule has 0 radical (unpaired) electrons. The molecule has 0 spiro atoms. The van der Waals surface area contributed by atoms with Gasteiger partial charge in [-0.1, -0.05) is 0 Å². The monoisotopic (exact) mass is 522 g/mol. The van der Waals surface area contributed by atoms with Crippen molar-refractivity contribution in [2.75, 3.05) is 5.32 Å².